The Hall–Kier alpha value is -2.58. The summed E-state index contributed by atoms with van der Waals surface area (Å²) in [6.45, 7) is 0. The van der Waals surface area contributed by atoms with E-state index in [4.69, 9.17) is 5.11 Å². The summed E-state index contributed by atoms with van der Waals surface area (Å²) in [5.74, 6) is -9.47. The van der Waals surface area contributed by atoms with Crippen molar-refractivity contribution in [3.8, 4) is 11.4 Å². The van der Waals surface area contributed by atoms with Crippen LogP contribution in [0.15, 0.2) is 12.3 Å². The second-order valence-corrected chi connectivity index (χ2v) is 3.43. The fourth-order valence-electron chi connectivity index (χ4n) is 1.39. The predicted octanol–water partition coefficient (Wildman–Crippen LogP) is 1.83. The van der Waals surface area contributed by atoms with Crippen molar-refractivity contribution < 1.29 is 32.6 Å². The summed E-state index contributed by atoms with van der Waals surface area (Å²) in [7, 11) is 0. The highest BCUT2D eigenvalue weighted by Gasteiger charge is 2.24. The third-order valence-corrected chi connectivity index (χ3v) is 2.22. The molecule has 19 heavy (non-hydrogen) atoms. The maximum Gasteiger partial charge on any atom is 0.360 e. The Labute approximate surface area is 102 Å². The van der Waals surface area contributed by atoms with Gasteiger partial charge in [0.2, 0.25) is 5.69 Å². The zero-order valence-corrected chi connectivity index (χ0v) is 8.86. The molecule has 0 aliphatic rings. The van der Waals surface area contributed by atoms with Gasteiger partial charge in [-0.15, -0.1) is 0 Å². The minimum Gasteiger partial charge on any atom is -0.504 e. The lowest BCUT2D eigenvalue weighted by Crippen LogP contribution is -2.08. The molecule has 0 bridgehead atoms. The highest BCUT2D eigenvalue weighted by molar-refractivity contribution is 5.88. The number of rotatable bonds is 2. The van der Waals surface area contributed by atoms with Crippen molar-refractivity contribution in [2.75, 3.05) is 0 Å². The molecule has 1 aromatic carbocycles. The van der Waals surface area contributed by atoms with E-state index in [1.54, 1.807) is 0 Å². The third kappa shape index (κ3) is 1.98. The van der Waals surface area contributed by atoms with Crippen molar-refractivity contribution >= 4 is 5.97 Å². The summed E-state index contributed by atoms with van der Waals surface area (Å²) in [6.07, 6.45) is 0.518. The first-order valence-electron chi connectivity index (χ1n) is 4.68. The van der Waals surface area contributed by atoms with Crippen LogP contribution in [0.25, 0.3) is 5.69 Å². The van der Waals surface area contributed by atoms with E-state index in [0.29, 0.717) is 6.20 Å². The van der Waals surface area contributed by atoms with Crippen molar-refractivity contribution in [3.63, 3.8) is 0 Å². The molecule has 2 aromatic rings. The van der Waals surface area contributed by atoms with E-state index in [1.165, 1.54) is 0 Å². The fraction of sp³-hybridized carbons (Fsp3) is 0. The van der Waals surface area contributed by atoms with Gasteiger partial charge in [0.1, 0.15) is 5.69 Å². The monoisotopic (exact) mass is 276 g/mol. The topological polar surface area (TPSA) is 75.3 Å². The summed E-state index contributed by atoms with van der Waals surface area (Å²) in [4.78, 5) is 10.6. The second-order valence-electron chi connectivity index (χ2n) is 3.43. The molecule has 2 rings (SSSR count). The van der Waals surface area contributed by atoms with E-state index >= 15 is 0 Å². The van der Waals surface area contributed by atoms with Crippen LogP contribution in [0.5, 0.6) is 5.75 Å². The lowest BCUT2D eigenvalue weighted by Gasteiger charge is -2.06. The minimum atomic E-state index is -1.77. The van der Waals surface area contributed by atoms with Crippen LogP contribution < -0.4 is 0 Å². The van der Waals surface area contributed by atoms with Gasteiger partial charge in [0.25, 0.3) is 0 Å². The Kier molecular flexibility index (Phi) is 2.89. The van der Waals surface area contributed by atoms with E-state index in [-0.39, 0.29) is 10.7 Å². The molecule has 2 N–H and O–H groups in total. The molecular formula is C10H4F4N2O3. The number of aromatic hydroxyl groups is 1. The number of aromatic carboxylic acids is 1. The molecule has 9 heteroatoms. The number of hydrogen-bond acceptors (Lipinski definition) is 3. The summed E-state index contributed by atoms with van der Waals surface area (Å²) < 4.78 is 52.9. The van der Waals surface area contributed by atoms with Crippen LogP contribution >= 0.6 is 0 Å². The molecule has 0 unspecified atom stereocenters. The van der Waals surface area contributed by atoms with E-state index < -0.39 is 46.4 Å². The Bertz CT molecular complexity index is 658. The molecule has 0 radical (unpaired) electrons. The normalized spacial score (nSPS) is 10.7. The van der Waals surface area contributed by atoms with Gasteiger partial charge >= 0.3 is 5.97 Å². The predicted molar refractivity (Wildman–Crippen MR) is 52.0 cm³/mol. The number of carboxylic acids is 1. The van der Waals surface area contributed by atoms with E-state index in [0.717, 1.165) is 0 Å². The quantitative estimate of drug-likeness (QED) is 0.648. The highest BCUT2D eigenvalue weighted by Crippen LogP contribution is 2.25. The van der Waals surface area contributed by atoms with Crippen LogP contribution in [0.4, 0.5) is 17.6 Å². The third-order valence-electron chi connectivity index (χ3n) is 2.22. The maximum atomic E-state index is 13.4. The highest BCUT2D eigenvalue weighted by atomic mass is 19.2. The second kappa shape index (κ2) is 4.26. The van der Waals surface area contributed by atoms with Gasteiger partial charge in [-0.3, -0.25) is 0 Å². The number of benzene rings is 1. The summed E-state index contributed by atoms with van der Waals surface area (Å²) in [5.41, 5.74) is -2.18. The first-order chi connectivity index (χ1) is 8.82. The van der Waals surface area contributed by atoms with Crippen molar-refractivity contribution in [2.45, 2.75) is 0 Å². The maximum absolute atomic E-state index is 13.4. The lowest BCUT2D eigenvalue weighted by atomic mass is 10.2. The summed E-state index contributed by atoms with van der Waals surface area (Å²) in [6, 6.07) is -0.00433. The molecule has 0 amide bonds. The van der Waals surface area contributed by atoms with E-state index in [1.807, 2.05) is 0 Å². The van der Waals surface area contributed by atoms with Crippen LogP contribution in [0.3, 0.4) is 0 Å². The molecule has 0 fully saturated rings. The average molecular weight is 276 g/mol. The van der Waals surface area contributed by atoms with E-state index in [2.05, 4.69) is 5.10 Å². The van der Waals surface area contributed by atoms with Crippen molar-refractivity contribution in [1.82, 2.24) is 9.78 Å². The molecular weight excluding hydrogens is 272 g/mol. The largest absolute Gasteiger partial charge is 0.504 e. The molecule has 0 aliphatic carbocycles. The van der Waals surface area contributed by atoms with Gasteiger partial charge in [-0.1, -0.05) is 0 Å². The van der Waals surface area contributed by atoms with Gasteiger partial charge in [-0.05, 0) is 0 Å². The van der Waals surface area contributed by atoms with Gasteiger partial charge in [-0.2, -0.15) is 5.10 Å². The van der Waals surface area contributed by atoms with Gasteiger partial charge in [-0.25, -0.2) is 27.0 Å². The Morgan fingerprint density at radius 2 is 1.68 bits per heavy atom. The molecule has 0 aliphatic heterocycles. The molecule has 1 heterocycles. The molecule has 0 spiro atoms. The summed E-state index contributed by atoms with van der Waals surface area (Å²) >= 11 is 0. The van der Waals surface area contributed by atoms with Crippen LogP contribution in [0, 0.1) is 23.3 Å². The number of carbonyl (C=O) groups is 1. The number of hydrogen-bond donors (Lipinski definition) is 2. The molecule has 5 nitrogen and oxygen atoms in total. The average Bonchev–Trinajstić information content (AvgIpc) is 2.69. The minimum absolute atomic E-state index is 0.00433. The number of carboxylic acid groups (broad SMARTS) is 1. The van der Waals surface area contributed by atoms with Crippen LogP contribution in [-0.2, 0) is 0 Å². The first-order valence-corrected chi connectivity index (χ1v) is 4.68. The zero-order valence-electron chi connectivity index (χ0n) is 8.86. The Morgan fingerprint density at radius 1 is 1.16 bits per heavy atom. The molecule has 1 aromatic heterocycles. The van der Waals surface area contributed by atoms with Crippen LogP contribution in [0.2, 0.25) is 0 Å². The molecule has 0 saturated heterocycles. The zero-order chi connectivity index (χ0) is 14.3. The van der Waals surface area contributed by atoms with Gasteiger partial charge in [0, 0.05) is 6.07 Å². The Morgan fingerprint density at radius 3 is 2.11 bits per heavy atom. The number of aromatic nitrogens is 2. The molecule has 100 valence electrons. The van der Waals surface area contributed by atoms with E-state index in [9.17, 15) is 27.5 Å². The van der Waals surface area contributed by atoms with Crippen LogP contribution in [0.1, 0.15) is 10.5 Å². The number of nitrogens with zero attached hydrogens (tertiary/aromatic N) is 2. The van der Waals surface area contributed by atoms with Crippen molar-refractivity contribution in [3.05, 3.63) is 41.2 Å². The van der Waals surface area contributed by atoms with Crippen molar-refractivity contribution in [2.24, 2.45) is 0 Å². The first kappa shape index (κ1) is 12.9. The van der Waals surface area contributed by atoms with Gasteiger partial charge in [0.15, 0.2) is 29.0 Å². The smallest absolute Gasteiger partial charge is 0.360 e. The standard InChI is InChI=1S/C10H4F4N2O3/c11-3-1-4(12)7(14)9(6(3)13)16-2-5(17)8(15-16)10(18)19/h1-2,17H,(H,18,19). The SMILES string of the molecule is O=C(O)c1nn(-c2c(F)c(F)cc(F)c2F)cc1O. The lowest BCUT2D eigenvalue weighted by molar-refractivity contribution is 0.0687. The summed E-state index contributed by atoms with van der Waals surface area (Å²) in [5, 5.41) is 20.9. The molecule has 0 saturated carbocycles. The van der Waals surface area contributed by atoms with Gasteiger partial charge in [0.05, 0.1) is 6.20 Å². The molecule has 0 atom stereocenters. The number of halogens is 4. The van der Waals surface area contributed by atoms with Crippen LogP contribution in [-0.4, -0.2) is 26.0 Å². The Balaban J connectivity index is 2.72. The fourth-order valence-corrected chi connectivity index (χ4v) is 1.39. The van der Waals surface area contributed by atoms with Crippen molar-refractivity contribution in [1.29, 1.82) is 0 Å². The van der Waals surface area contributed by atoms with Gasteiger partial charge < -0.3 is 10.2 Å².